The van der Waals surface area contributed by atoms with Crippen molar-refractivity contribution in [1.82, 2.24) is 24.5 Å². The molecule has 2 aromatic rings. The number of hydrogen-bond donors (Lipinski definition) is 1. The Morgan fingerprint density at radius 1 is 1.33 bits per heavy atom. The van der Waals surface area contributed by atoms with Gasteiger partial charge < -0.3 is 5.73 Å². The quantitative estimate of drug-likeness (QED) is 0.865. The minimum absolute atomic E-state index is 0.405. The van der Waals surface area contributed by atoms with E-state index in [1.807, 2.05) is 25.7 Å². The van der Waals surface area contributed by atoms with Gasteiger partial charge in [0.25, 0.3) is 0 Å². The summed E-state index contributed by atoms with van der Waals surface area (Å²) in [4.78, 5) is 0. The van der Waals surface area contributed by atoms with Gasteiger partial charge in [-0.1, -0.05) is 30.3 Å². The van der Waals surface area contributed by atoms with Crippen LogP contribution in [-0.4, -0.2) is 24.5 Å². The summed E-state index contributed by atoms with van der Waals surface area (Å²) in [6.07, 6.45) is 0.828. The number of aryl methyl sites for hydroxylation is 2. The van der Waals surface area contributed by atoms with Crippen molar-refractivity contribution < 1.29 is 0 Å². The summed E-state index contributed by atoms with van der Waals surface area (Å²) in [6, 6.07) is 0. The molecule has 6 nitrogen and oxygen atoms in total. The monoisotopic (exact) mass is 286 g/mol. The van der Waals surface area contributed by atoms with E-state index in [4.69, 9.17) is 17.3 Å². The van der Waals surface area contributed by atoms with Crippen LogP contribution < -0.4 is 5.73 Å². The van der Waals surface area contributed by atoms with E-state index in [9.17, 15) is 0 Å². The highest BCUT2D eigenvalue weighted by Gasteiger charge is 2.14. The van der Waals surface area contributed by atoms with Crippen LogP contribution in [0.5, 0.6) is 0 Å². The van der Waals surface area contributed by atoms with E-state index >= 15 is 0 Å². The third-order valence-electron chi connectivity index (χ3n) is 2.71. The number of nitrogens with zero attached hydrogens (tertiary/aromatic N) is 5. The Hall–Kier alpha value is -1.21. The largest absolute Gasteiger partial charge is 0.368 e. The molecule has 0 aliphatic rings. The van der Waals surface area contributed by atoms with Crippen LogP contribution in [-0.2, 0) is 26.3 Å². The smallest absolute Gasteiger partial charge is 0.222 e. The maximum atomic E-state index is 6.28. The van der Waals surface area contributed by atoms with E-state index in [0.29, 0.717) is 11.7 Å². The van der Waals surface area contributed by atoms with Crippen LogP contribution in [0.25, 0.3) is 0 Å². The van der Waals surface area contributed by atoms with Gasteiger partial charge in [0.2, 0.25) is 5.95 Å². The lowest BCUT2D eigenvalue weighted by Gasteiger charge is -2.02. The second-order valence-corrected chi connectivity index (χ2v) is 5.19. The van der Waals surface area contributed by atoms with Gasteiger partial charge in [0, 0.05) is 19.8 Å². The van der Waals surface area contributed by atoms with E-state index in [1.54, 1.807) is 4.57 Å². The first-order chi connectivity index (χ1) is 8.54. The molecular formula is C10H15ClN6S. The maximum Gasteiger partial charge on any atom is 0.222 e. The summed E-state index contributed by atoms with van der Waals surface area (Å²) < 4.78 is 3.56. The van der Waals surface area contributed by atoms with Gasteiger partial charge in [0.15, 0.2) is 5.16 Å². The molecule has 2 aromatic heterocycles. The van der Waals surface area contributed by atoms with Crippen molar-refractivity contribution >= 4 is 29.3 Å². The number of nitrogens with two attached hydrogens (primary N) is 1. The number of anilines is 1. The lowest BCUT2D eigenvalue weighted by Crippen LogP contribution is -2.00. The van der Waals surface area contributed by atoms with Crippen molar-refractivity contribution in [3.63, 3.8) is 0 Å². The van der Waals surface area contributed by atoms with Crippen molar-refractivity contribution in [2.75, 3.05) is 5.73 Å². The molecule has 18 heavy (non-hydrogen) atoms. The summed E-state index contributed by atoms with van der Waals surface area (Å²) in [7, 11) is 3.73. The average Bonchev–Trinajstić information content (AvgIpc) is 2.80. The third-order valence-corrected chi connectivity index (χ3v) is 4.18. The fraction of sp³-hybridized carbons (Fsp3) is 0.500. The normalized spacial score (nSPS) is 11.1. The zero-order chi connectivity index (χ0) is 13.3. The Labute approximate surface area is 115 Å². The van der Waals surface area contributed by atoms with E-state index in [0.717, 1.165) is 28.0 Å². The topological polar surface area (TPSA) is 74.6 Å². The fourth-order valence-electron chi connectivity index (χ4n) is 1.56. The first-order valence-corrected chi connectivity index (χ1v) is 6.88. The predicted octanol–water partition coefficient (Wildman–Crippen LogP) is 1.64. The average molecular weight is 287 g/mol. The van der Waals surface area contributed by atoms with Gasteiger partial charge in [-0.3, -0.25) is 9.25 Å². The van der Waals surface area contributed by atoms with Gasteiger partial charge in [0.1, 0.15) is 0 Å². The Kier molecular flexibility index (Phi) is 3.82. The minimum atomic E-state index is 0.405. The Morgan fingerprint density at radius 2 is 2.06 bits per heavy atom. The predicted molar refractivity (Wildman–Crippen MR) is 72.6 cm³/mol. The highest BCUT2D eigenvalue weighted by atomic mass is 35.5. The molecule has 0 radical (unpaired) electrons. The van der Waals surface area contributed by atoms with Crippen molar-refractivity contribution in [3.05, 3.63) is 16.4 Å². The molecule has 0 atom stereocenters. The van der Waals surface area contributed by atoms with Crippen molar-refractivity contribution in [2.24, 2.45) is 14.1 Å². The molecule has 2 heterocycles. The molecule has 8 heteroatoms. The lowest BCUT2D eigenvalue weighted by atomic mass is 10.3. The Morgan fingerprint density at radius 3 is 2.56 bits per heavy atom. The molecule has 0 unspecified atom stereocenters. The van der Waals surface area contributed by atoms with Crippen LogP contribution in [0.2, 0.25) is 5.02 Å². The van der Waals surface area contributed by atoms with Gasteiger partial charge in [-0.05, 0) is 6.42 Å². The zero-order valence-electron chi connectivity index (χ0n) is 10.5. The molecule has 0 aromatic carbocycles. The van der Waals surface area contributed by atoms with E-state index < -0.39 is 0 Å². The van der Waals surface area contributed by atoms with Crippen LogP contribution in [0.1, 0.15) is 18.3 Å². The molecule has 98 valence electrons. The van der Waals surface area contributed by atoms with Crippen molar-refractivity contribution in [2.45, 2.75) is 24.3 Å². The summed E-state index contributed by atoms with van der Waals surface area (Å²) in [5.74, 6) is 1.09. The molecule has 0 aliphatic heterocycles. The number of nitrogen functional groups attached to an aromatic ring is 1. The van der Waals surface area contributed by atoms with Gasteiger partial charge in [-0.15, -0.1) is 10.2 Å². The number of halogens is 1. The van der Waals surface area contributed by atoms with E-state index in [2.05, 4.69) is 15.3 Å². The molecule has 2 rings (SSSR count). The van der Waals surface area contributed by atoms with Crippen molar-refractivity contribution in [3.8, 4) is 0 Å². The Bertz CT molecular complexity index is 561. The standard InChI is InChI=1S/C10H15ClN6S/c1-4-6-8(11)7(17(3)15-6)5-18-10-14-13-9(12)16(10)2/h4-5H2,1-3H3,(H2,12,13). The van der Waals surface area contributed by atoms with E-state index in [-0.39, 0.29) is 0 Å². The summed E-state index contributed by atoms with van der Waals surface area (Å²) >= 11 is 7.81. The van der Waals surface area contributed by atoms with Gasteiger partial charge >= 0.3 is 0 Å². The van der Waals surface area contributed by atoms with Crippen LogP contribution in [0, 0.1) is 0 Å². The van der Waals surface area contributed by atoms with Crippen LogP contribution in [0.4, 0.5) is 5.95 Å². The molecular weight excluding hydrogens is 272 g/mol. The minimum Gasteiger partial charge on any atom is -0.368 e. The summed E-state index contributed by atoms with van der Waals surface area (Å²) in [5.41, 5.74) is 7.54. The van der Waals surface area contributed by atoms with Crippen LogP contribution in [0.3, 0.4) is 0 Å². The molecule has 0 fully saturated rings. The van der Waals surface area contributed by atoms with Gasteiger partial charge in [0.05, 0.1) is 16.4 Å². The molecule has 0 saturated heterocycles. The zero-order valence-corrected chi connectivity index (χ0v) is 12.1. The second-order valence-electron chi connectivity index (χ2n) is 3.87. The molecule has 0 saturated carbocycles. The maximum absolute atomic E-state index is 6.28. The highest BCUT2D eigenvalue weighted by molar-refractivity contribution is 7.98. The van der Waals surface area contributed by atoms with E-state index in [1.165, 1.54) is 11.8 Å². The number of hydrogen-bond acceptors (Lipinski definition) is 5. The van der Waals surface area contributed by atoms with Crippen molar-refractivity contribution in [1.29, 1.82) is 0 Å². The third kappa shape index (κ3) is 2.32. The molecule has 2 N–H and O–H groups in total. The van der Waals surface area contributed by atoms with Crippen LogP contribution >= 0.6 is 23.4 Å². The Balaban J connectivity index is 2.15. The first-order valence-electron chi connectivity index (χ1n) is 5.52. The molecule has 0 spiro atoms. The lowest BCUT2D eigenvalue weighted by molar-refractivity contribution is 0.718. The summed E-state index contributed by atoms with van der Waals surface area (Å²) in [6.45, 7) is 2.04. The SMILES string of the molecule is CCc1nn(C)c(CSc2nnc(N)n2C)c1Cl. The number of thioether (sulfide) groups is 1. The van der Waals surface area contributed by atoms with Crippen LogP contribution in [0.15, 0.2) is 5.16 Å². The summed E-state index contributed by atoms with van der Waals surface area (Å²) in [5, 5.41) is 13.7. The fourth-order valence-corrected chi connectivity index (χ4v) is 2.98. The first kappa shape index (κ1) is 13.2. The molecule has 0 aliphatic carbocycles. The van der Waals surface area contributed by atoms with Gasteiger partial charge in [-0.2, -0.15) is 5.10 Å². The van der Waals surface area contributed by atoms with Gasteiger partial charge in [-0.25, -0.2) is 0 Å². The number of aromatic nitrogens is 5. The number of rotatable bonds is 4. The molecule has 0 amide bonds. The highest BCUT2D eigenvalue weighted by Crippen LogP contribution is 2.28. The second kappa shape index (κ2) is 5.19. The molecule has 0 bridgehead atoms.